The maximum atomic E-state index is 2.88. The van der Waals surface area contributed by atoms with E-state index >= 15 is 0 Å². The maximum absolute atomic E-state index is 3.47. The predicted octanol–water partition coefficient (Wildman–Crippen LogP) is 23.3. The van der Waals surface area contributed by atoms with Crippen molar-refractivity contribution < 1.29 is 0 Å². The Labute approximate surface area is 574 Å². The number of thiol groups is 1. The van der Waals surface area contributed by atoms with E-state index in [0.717, 1.165) is 19.3 Å². The van der Waals surface area contributed by atoms with E-state index < -0.39 is 9.16 Å². The number of benzene rings is 11. The Morgan fingerprint density at radius 1 is 0.344 bits per heavy atom. The second kappa shape index (κ2) is 22.4. The Balaban J connectivity index is 1.10. The molecule has 0 spiro atoms. The monoisotopic (exact) mass is 1270 g/mol. The molecule has 1 saturated carbocycles. The first-order valence-electron chi connectivity index (χ1n) is 35.3. The third-order valence-corrected chi connectivity index (χ3v) is 29.7. The summed E-state index contributed by atoms with van der Waals surface area (Å²) in [4.78, 5) is 13.8. The van der Waals surface area contributed by atoms with Crippen molar-refractivity contribution in [3.05, 3.63) is 283 Å². The number of nitrogens with zero attached hydrogens (tertiary/aromatic N) is 3. The lowest BCUT2D eigenvalue weighted by atomic mass is 9.33. The summed E-state index contributed by atoms with van der Waals surface area (Å²) in [5.41, 5.74) is 24.4. The van der Waals surface area contributed by atoms with Crippen molar-refractivity contribution in [2.75, 3.05) is 21.0 Å². The lowest BCUT2D eigenvalue weighted by Gasteiger charge is -2.60. The fourth-order valence-corrected chi connectivity index (χ4v) is 22.9. The number of hydrogen-bond acceptors (Lipinski definition) is 3. The van der Waals surface area contributed by atoms with Crippen LogP contribution in [0.4, 0.5) is 45.5 Å². The fourth-order valence-electron chi connectivity index (χ4n) is 17.4. The first kappa shape index (κ1) is 63.3. The molecule has 0 bridgehead atoms. The standard InChI is InChI=1S/C91H96BN3S/c1-86(2,3)64-44-49-78(73(55-64)62-33-21-16-22-34-62)93-81-51-46-66(88(7,8)9)57-77(81)92-76-48-43-67(89(10,11)12)58-82(76)94(79-50-45-65(87(4,5)6)56-74(79)63-35-23-17-24-36-63)84-60-68(59-83(93)85(84)92)95-80-52-47-72(61-75(80)90(13)53-31-32-54-91(90,95)14)96(15,69-37-25-18-26-38-69,70-39-27-19-28-40-70)71-41-29-20-30-42-71/h16-30,33-52,55-61,96H,31-32,53-54H2,1-15H3. The minimum absolute atomic E-state index is 0.0867. The molecule has 2 unspecified atom stereocenters. The van der Waals surface area contributed by atoms with E-state index in [1.54, 1.807) is 0 Å². The molecule has 3 nitrogen and oxygen atoms in total. The molecule has 484 valence electrons. The van der Waals surface area contributed by atoms with Crippen molar-refractivity contribution in [1.82, 2.24) is 0 Å². The normalized spacial score (nSPS) is 18.0. The van der Waals surface area contributed by atoms with E-state index in [4.69, 9.17) is 0 Å². The van der Waals surface area contributed by atoms with Gasteiger partial charge >= 0.3 is 0 Å². The SMILES string of the molecule is CC(C)(C)c1ccc2c(c1)B1c3ccc(C(C)(C)C)cc3N(c3ccc(C(C)(C)C)cc3-c3ccccc3)c3cc(N4c5ccc([SH](C)(c6ccccc6)(c6ccccc6)c6ccccc6)cc5C5(C)CCCCC45C)cc(c31)N2c1ccc(C(C)(C)C)cc1-c1ccccc1. The molecule has 2 atom stereocenters. The van der Waals surface area contributed by atoms with E-state index in [0.29, 0.717) is 0 Å². The van der Waals surface area contributed by atoms with Crippen molar-refractivity contribution in [2.45, 2.75) is 175 Å². The van der Waals surface area contributed by atoms with Crippen LogP contribution in [-0.4, -0.2) is 18.5 Å². The van der Waals surface area contributed by atoms with E-state index in [1.807, 2.05) is 0 Å². The summed E-state index contributed by atoms with van der Waals surface area (Å²) in [6.07, 6.45) is 7.10. The smallest absolute Gasteiger partial charge is 0.252 e. The summed E-state index contributed by atoms with van der Waals surface area (Å²) in [7, 11) is -3.47. The lowest BCUT2D eigenvalue weighted by molar-refractivity contribution is 0.194. The van der Waals surface area contributed by atoms with E-state index in [2.05, 4.69) is 373 Å². The largest absolute Gasteiger partial charge is 0.334 e. The van der Waals surface area contributed by atoms with Gasteiger partial charge in [-0.1, -0.05) is 291 Å². The molecule has 0 N–H and O–H groups in total. The highest BCUT2D eigenvalue weighted by Gasteiger charge is 2.59. The quantitative estimate of drug-likeness (QED) is 0.114. The van der Waals surface area contributed by atoms with Gasteiger partial charge < -0.3 is 14.7 Å². The summed E-state index contributed by atoms with van der Waals surface area (Å²) < 4.78 is 0. The number of fused-ring (bicyclic) bond motifs is 7. The van der Waals surface area contributed by atoms with Gasteiger partial charge in [0.15, 0.2) is 0 Å². The van der Waals surface area contributed by atoms with Crippen LogP contribution in [-0.2, 0) is 27.1 Å². The third kappa shape index (κ3) is 9.66. The number of rotatable bonds is 9. The van der Waals surface area contributed by atoms with Crippen LogP contribution in [0.2, 0.25) is 0 Å². The Kier molecular flexibility index (Phi) is 14.8. The Morgan fingerprint density at radius 3 is 1.21 bits per heavy atom. The van der Waals surface area contributed by atoms with Gasteiger partial charge in [0, 0.05) is 50.7 Å². The van der Waals surface area contributed by atoms with Gasteiger partial charge in [0.05, 0.1) is 16.9 Å². The van der Waals surface area contributed by atoms with Gasteiger partial charge in [0.2, 0.25) is 0 Å². The molecule has 3 heterocycles. The molecule has 11 aromatic rings. The van der Waals surface area contributed by atoms with Crippen molar-refractivity contribution in [3.63, 3.8) is 0 Å². The highest BCUT2D eigenvalue weighted by Crippen LogP contribution is 2.88. The van der Waals surface area contributed by atoms with Crippen LogP contribution < -0.4 is 31.1 Å². The Morgan fingerprint density at radius 2 is 0.740 bits per heavy atom. The summed E-state index contributed by atoms with van der Waals surface area (Å²) >= 11 is 0. The maximum Gasteiger partial charge on any atom is 0.252 e. The molecule has 15 rings (SSSR count). The first-order valence-corrected chi connectivity index (χ1v) is 38.0. The lowest BCUT2D eigenvalue weighted by Crippen LogP contribution is -2.62. The zero-order valence-corrected chi connectivity index (χ0v) is 60.3. The summed E-state index contributed by atoms with van der Waals surface area (Å²) in [5.74, 6) is 0. The molecule has 96 heavy (non-hydrogen) atoms. The van der Waals surface area contributed by atoms with Crippen LogP contribution in [0.25, 0.3) is 22.3 Å². The highest BCUT2D eigenvalue weighted by atomic mass is 32.3. The molecule has 4 aliphatic rings. The molecule has 0 saturated heterocycles. The van der Waals surface area contributed by atoms with E-state index in [1.165, 1.54) is 138 Å². The van der Waals surface area contributed by atoms with Crippen LogP contribution in [0.3, 0.4) is 0 Å². The van der Waals surface area contributed by atoms with Crippen molar-refractivity contribution >= 4 is 77.8 Å². The van der Waals surface area contributed by atoms with Gasteiger partial charge in [-0.05, 0) is 189 Å². The topological polar surface area (TPSA) is 9.72 Å². The molecular formula is C91H96BN3S. The van der Waals surface area contributed by atoms with E-state index in [9.17, 15) is 0 Å². The fraction of sp³-hybridized carbons (Fsp3) is 0.275. The van der Waals surface area contributed by atoms with Crippen molar-refractivity contribution in [1.29, 1.82) is 0 Å². The van der Waals surface area contributed by atoms with Gasteiger partial charge in [0.1, 0.15) is 0 Å². The van der Waals surface area contributed by atoms with Gasteiger partial charge in [-0.25, -0.2) is 9.16 Å². The van der Waals surface area contributed by atoms with Crippen LogP contribution in [0.5, 0.6) is 0 Å². The Hall–Kier alpha value is -8.77. The van der Waals surface area contributed by atoms with Gasteiger partial charge in [-0.3, -0.25) is 0 Å². The average molecular weight is 1270 g/mol. The third-order valence-electron chi connectivity index (χ3n) is 23.4. The summed E-state index contributed by atoms with van der Waals surface area (Å²) in [5, 5.41) is 0. The molecule has 1 fully saturated rings. The molecule has 0 aromatic heterocycles. The average Bonchev–Trinajstić information content (AvgIpc) is 1.26. The summed E-state index contributed by atoms with van der Waals surface area (Å²) in [6.45, 7) is 33.6. The Bertz CT molecular complexity index is 4720. The van der Waals surface area contributed by atoms with Gasteiger partial charge in [-0.15, -0.1) is 0 Å². The zero-order valence-electron chi connectivity index (χ0n) is 59.4. The van der Waals surface area contributed by atoms with Gasteiger partial charge in [0.25, 0.3) is 6.71 Å². The highest BCUT2D eigenvalue weighted by molar-refractivity contribution is 8.49. The van der Waals surface area contributed by atoms with Crippen LogP contribution in [0.15, 0.2) is 274 Å². The minimum atomic E-state index is -3.47. The molecule has 5 heteroatoms. The molecule has 3 aliphatic heterocycles. The molecule has 11 aromatic carbocycles. The molecular weight excluding hydrogens is 1180 g/mol. The predicted molar refractivity (Wildman–Crippen MR) is 416 cm³/mol. The van der Waals surface area contributed by atoms with Gasteiger partial charge in [-0.2, -0.15) is 0 Å². The molecule has 0 amide bonds. The molecule has 0 radical (unpaired) electrons. The van der Waals surface area contributed by atoms with Crippen molar-refractivity contribution in [3.8, 4) is 22.3 Å². The summed E-state index contributed by atoms with van der Waals surface area (Å²) in [6, 6.07) is 100. The zero-order chi connectivity index (χ0) is 67.1. The van der Waals surface area contributed by atoms with Crippen molar-refractivity contribution in [2.24, 2.45) is 0 Å². The number of hydrogen-bond donors (Lipinski definition) is 1. The first-order chi connectivity index (χ1) is 45.7. The van der Waals surface area contributed by atoms with E-state index in [-0.39, 0.29) is 39.3 Å². The molecule has 1 aliphatic carbocycles. The number of anilines is 8. The van der Waals surface area contributed by atoms with Crippen LogP contribution >= 0.6 is 9.16 Å². The second-order valence-electron chi connectivity index (χ2n) is 33.2. The minimum Gasteiger partial charge on any atom is -0.334 e. The second-order valence-corrected chi connectivity index (χ2v) is 38.4. The van der Waals surface area contributed by atoms with Crippen LogP contribution in [0, 0.1) is 0 Å². The van der Waals surface area contributed by atoms with Crippen LogP contribution in [0.1, 0.15) is 150 Å².